The number of aliphatic hydroxyl groups is 3. The van der Waals surface area contributed by atoms with E-state index in [1.807, 2.05) is 6.08 Å². The maximum atomic E-state index is 12.6. The Hall–Kier alpha value is -1.69. The number of carbonyl (C=O) groups is 1. The summed E-state index contributed by atoms with van der Waals surface area (Å²) in [7, 11) is 0. The van der Waals surface area contributed by atoms with Gasteiger partial charge < -0.3 is 20.6 Å². The molecule has 0 fully saturated rings. The van der Waals surface area contributed by atoms with Crippen molar-refractivity contribution in [1.82, 2.24) is 5.32 Å². The monoisotopic (exact) mass is 1080 g/mol. The van der Waals surface area contributed by atoms with Crippen molar-refractivity contribution in [2.75, 3.05) is 6.61 Å². The van der Waals surface area contributed by atoms with Crippen molar-refractivity contribution < 1.29 is 20.1 Å². The van der Waals surface area contributed by atoms with Crippen molar-refractivity contribution in [3.8, 4) is 0 Å². The van der Waals surface area contributed by atoms with Gasteiger partial charge in [-0.25, -0.2) is 0 Å². The smallest absolute Gasteiger partial charge is 0.249 e. The van der Waals surface area contributed by atoms with Crippen molar-refractivity contribution in [2.24, 2.45) is 0 Å². The minimum absolute atomic E-state index is 0.380. The molecule has 0 saturated heterocycles. The first-order valence-electron chi connectivity index (χ1n) is 35.0. The van der Waals surface area contributed by atoms with Gasteiger partial charge in [-0.1, -0.05) is 358 Å². The molecule has 4 N–H and O–H groups in total. The van der Waals surface area contributed by atoms with Crippen LogP contribution in [0.5, 0.6) is 0 Å². The standard InChI is InChI=1S/C72H137NO4/c1-3-5-7-9-11-13-15-17-19-21-23-25-27-29-30-31-32-33-34-35-36-37-38-39-40-41-43-45-47-49-51-53-55-57-59-61-63-65-67-71(76)72(77)73-69(68-74)70(75)66-64-62-60-58-56-54-52-50-48-46-44-42-28-26-24-22-20-18-16-14-12-10-8-6-4-2/h35-36,48,50,56,58,64,66,69-71,74-76H,3-34,37-47,49,51-55,57,59-63,65,67-68H2,1-2H3,(H,73,77)/b36-35-,50-48+,58-56+,66-64+. The molecule has 0 aromatic rings. The minimum Gasteiger partial charge on any atom is -0.394 e. The Labute approximate surface area is 482 Å². The van der Waals surface area contributed by atoms with Crippen molar-refractivity contribution in [3.05, 3.63) is 48.6 Å². The average Bonchev–Trinajstić information content (AvgIpc) is 3.43. The molecule has 454 valence electrons. The van der Waals surface area contributed by atoms with Crippen molar-refractivity contribution in [1.29, 1.82) is 0 Å². The fraction of sp³-hybridized carbons (Fsp3) is 0.875. The normalized spacial score (nSPS) is 13.4. The van der Waals surface area contributed by atoms with Crippen LogP contribution in [0.1, 0.15) is 380 Å². The van der Waals surface area contributed by atoms with Crippen LogP contribution in [0, 0.1) is 0 Å². The number of allylic oxidation sites excluding steroid dienone is 7. The van der Waals surface area contributed by atoms with Crippen LogP contribution in [-0.2, 0) is 4.79 Å². The molecular formula is C72H137NO4. The molecule has 5 nitrogen and oxygen atoms in total. The zero-order valence-electron chi connectivity index (χ0n) is 52.1. The van der Waals surface area contributed by atoms with Gasteiger partial charge >= 0.3 is 0 Å². The van der Waals surface area contributed by atoms with E-state index in [9.17, 15) is 20.1 Å². The van der Waals surface area contributed by atoms with E-state index in [1.165, 1.54) is 315 Å². The van der Waals surface area contributed by atoms with E-state index in [0.717, 1.165) is 44.9 Å². The van der Waals surface area contributed by atoms with Gasteiger partial charge in [0.1, 0.15) is 6.10 Å². The van der Waals surface area contributed by atoms with Crippen LogP contribution in [0.25, 0.3) is 0 Å². The lowest BCUT2D eigenvalue weighted by Gasteiger charge is -2.21. The second-order valence-electron chi connectivity index (χ2n) is 24.1. The Morgan fingerprint density at radius 1 is 0.312 bits per heavy atom. The highest BCUT2D eigenvalue weighted by molar-refractivity contribution is 5.80. The summed E-state index contributed by atoms with van der Waals surface area (Å²) in [5, 5.41) is 33.5. The van der Waals surface area contributed by atoms with Gasteiger partial charge in [0.15, 0.2) is 0 Å². The zero-order chi connectivity index (χ0) is 55.7. The summed E-state index contributed by atoms with van der Waals surface area (Å²) >= 11 is 0. The molecule has 0 heterocycles. The van der Waals surface area contributed by atoms with E-state index in [4.69, 9.17) is 0 Å². The topological polar surface area (TPSA) is 89.8 Å². The Morgan fingerprint density at radius 3 is 0.792 bits per heavy atom. The predicted molar refractivity (Wildman–Crippen MR) is 342 cm³/mol. The Morgan fingerprint density at radius 2 is 0.532 bits per heavy atom. The van der Waals surface area contributed by atoms with Crippen LogP contribution >= 0.6 is 0 Å². The third-order valence-corrected chi connectivity index (χ3v) is 16.4. The van der Waals surface area contributed by atoms with Crippen LogP contribution in [0.15, 0.2) is 48.6 Å². The van der Waals surface area contributed by atoms with E-state index < -0.39 is 24.2 Å². The third kappa shape index (κ3) is 61.8. The van der Waals surface area contributed by atoms with Crippen molar-refractivity contribution in [2.45, 2.75) is 398 Å². The van der Waals surface area contributed by atoms with Gasteiger partial charge in [-0.2, -0.15) is 0 Å². The molecule has 0 spiro atoms. The van der Waals surface area contributed by atoms with E-state index in [1.54, 1.807) is 6.08 Å². The first kappa shape index (κ1) is 75.3. The van der Waals surface area contributed by atoms with Crippen LogP contribution in [0.2, 0.25) is 0 Å². The Bertz CT molecular complexity index is 1240. The molecule has 0 radical (unpaired) electrons. The summed E-state index contributed by atoms with van der Waals surface area (Å²) in [5.74, 6) is -0.512. The number of nitrogens with one attached hydrogen (secondary N) is 1. The fourth-order valence-corrected chi connectivity index (χ4v) is 11.0. The molecule has 0 saturated carbocycles. The molecule has 77 heavy (non-hydrogen) atoms. The molecule has 0 aromatic heterocycles. The number of rotatable bonds is 65. The van der Waals surface area contributed by atoms with Gasteiger partial charge in [0.25, 0.3) is 0 Å². The Balaban J connectivity index is 3.52. The van der Waals surface area contributed by atoms with Gasteiger partial charge in [0.2, 0.25) is 5.91 Å². The maximum absolute atomic E-state index is 12.6. The molecule has 5 heteroatoms. The summed E-state index contributed by atoms with van der Waals surface area (Å²) in [5.41, 5.74) is 0. The summed E-state index contributed by atoms with van der Waals surface area (Å²) < 4.78 is 0. The summed E-state index contributed by atoms with van der Waals surface area (Å²) in [4.78, 5) is 12.6. The molecule has 0 bridgehead atoms. The predicted octanol–water partition coefficient (Wildman–Crippen LogP) is 22.7. The van der Waals surface area contributed by atoms with Crippen molar-refractivity contribution in [3.63, 3.8) is 0 Å². The zero-order valence-corrected chi connectivity index (χ0v) is 52.1. The van der Waals surface area contributed by atoms with E-state index in [0.29, 0.717) is 6.42 Å². The van der Waals surface area contributed by atoms with Gasteiger partial charge in [-0.3, -0.25) is 4.79 Å². The second-order valence-corrected chi connectivity index (χ2v) is 24.1. The third-order valence-electron chi connectivity index (χ3n) is 16.4. The largest absolute Gasteiger partial charge is 0.394 e. The summed E-state index contributed by atoms with van der Waals surface area (Å²) in [6, 6.07) is -0.823. The Kier molecular flexibility index (Phi) is 65.4. The molecular weight excluding hydrogens is 943 g/mol. The molecule has 1 amide bonds. The number of hydrogen-bond donors (Lipinski definition) is 4. The SMILES string of the molecule is CCCCCCCCCCCCCCCCC/C=C/CC/C=C/CC/C=C/C(O)C(CO)NC(=O)C(O)CCCCCCCCCCCCCCCCCC/C=C\CCCCCCCCCCCCCCCCCCCC. The lowest BCUT2D eigenvalue weighted by Crippen LogP contribution is -2.48. The van der Waals surface area contributed by atoms with Gasteiger partial charge in [-0.15, -0.1) is 0 Å². The second kappa shape index (κ2) is 66.8. The minimum atomic E-state index is -1.11. The van der Waals surface area contributed by atoms with Crippen LogP contribution < -0.4 is 5.32 Å². The van der Waals surface area contributed by atoms with E-state index in [-0.39, 0.29) is 6.61 Å². The molecule has 0 aliphatic carbocycles. The molecule has 3 atom stereocenters. The van der Waals surface area contributed by atoms with Crippen LogP contribution in [-0.4, -0.2) is 46.1 Å². The van der Waals surface area contributed by atoms with Crippen LogP contribution in [0.3, 0.4) is 0 Å². The van der Waals surface area contributed by atoms with Gasteiger partial charge in [-0.05, 0) is 70.6 Å². The maximum Gasteiger partial charge on any atom is 0.249 e. The molecule has 0 aromatic carbocycles. The average molecular weight is 1080 g/mol. The number of amides is 1. The first-order valence-corrected chi connectivity index (χ1v) is 35.0. The van der Waals surface area contributed by atoms with Crippen LogP contribution in [0.4, 0.5) is 0 Å². The van der Waals surface area contributed by atoms with E-state index >= 15 is 0 Å². The lowest BCUT2D eigenvalue weighted by atomic mass is 10.0. The van der Waals surface area contributed by atoms with Crippen molar-refractivity contribution >= 4 is 5.91 Å². The molecule has 0 aliphatic heterocycles. The lowest BCUT2D eigenvalue weighted by molar-refractivity contribution is -0.131. The summed E-state index contributed by atoms with van der Waals surface area (Å²) in [6.45, 7) is 4.21. The molecule has 0 aliphatic rings. The first-order chi connectivity index (χ1) is 38.1. The number of aliphatic hydroxyl groups excluding tert-OH is 3. The number of hydrogen-bond acceptors (Lipinski definition) is 4. The fourth-order valence-electron chi connectivity index (χ4n) is 11.0. The van der Waals surface area contributed by atoms with Gasteiger partial charge in [0.05, 0.1) is 18.8 Å². The summed E-state index contributed by atoms with van der Waals surface area (Å²) in [6.07, 6.45) is 91.2. The van der Waals surface area contributed by atoms with E-state index in [2.05, 4.69) is 55.6 Å². The van der Waals surface area contributed by atoms with Gasteiger partial charge in [0, 0.05) is 0 Å². The highest BCUT2D eigenvalue weighted by atomic mass is 16.3. The quantitative estimate of drug-likeness (QED) is 0.0361. The number of carbonyl (C=O) groups excluding carboxylic acids is 1. The highest BCUT2D eigenvalue weighted by Crippen LogP contribution is 2.19. The highest BCUT2D eigenvalue weighted by Gasteiger charge is 2.22. The molecule has 3 unspecified atom stereocenters. The molecule has 0 rings (SSSR count). The number of unbranched alkanes of at least 4 members (excludes halogenated alkanes) is 51.